The summed E-state index contributed by atoms with van der Waals surface area (Å²) >= 11 is 12.1. The molecular formula is C15H21Cl3N2O3. The minimum Gasteiger partial charge on any atom is -0.386 e. The number of nitrogens with two attached hydrogens (primary N) is 1. The first-order chi connectivity index (χ1) is 10.5. The first-order valence-corrected chi connectivity index (χ1v) is 7.99. The van der Waals surface area contributed by atoms with E-state index in [2.05, 4.69) is 5.32 Å². The number of nitrogens with one attached hydrogen (secondary N) is 1. The molecule has 8 heteroatoms. The van der Waals surface area contributed by atoms with Crippen molar-refractivity contribution in [3.8, 4) is 0 Å². The van der Waals surface area contributed by atoms with Crippen LogP contribution in [0.25, 0.3) is 0 Å². The van der Waals surface area contributed by atoms with E-state index in [0.717, 1.165) is 12.8 Å². The minimum atomic E-state index is -0.980. The quantitative estimate of drug-likeness (QED) is 0.728. The third kappa shape index (κ3) is 5.48. The van der Waals surface area contributed by atoms with E-state index in [-0.39, 0.29) is 30.8 Å². The van der Waals surface area contributed by atoms with Crippen molar-refractivity contribution in [2.24, 2.45) is 11.7 Å². The first kappa shape index (κ1) is 20.5. The van der Waals surface area contributed by atoms with E-state index in [1.807, 2.05) is 0 Å². The van der Waals surface area contributed by atoms with Gasteiger partial charge in [0.05, 0.1) is 12.1 Å². The molecule has 0 spiro atoms. The van der Waals surface area contributed by atoms with Crippen molar-refractivity contribution in [1.29, 1.82) is 0 Å². The number of aliphatic hydroxyl groups is 1. The summed E-state index contributed by atoms with van der Waals surface area (Å²) in [5.41, 5.74) is 6.38. The highest BCUT2D eigenvalue weighted by Gasteiger charge is 2.27. The van der Waals surface area contributed by atoms with Gasteiger partial charge in [0.1, 0.15) is 0 Å². The van der Waals surface area contributed by atoms with E-state index in [1.54, 1.807) is 18.2 Å². The molecule has 1 fully saturated rings. The maximum absolute atomic E-state index is 12.1. The molecule has 1 aromatic carbocycles. The predicted molar refractivity (Wildman–Crippen MR) is 93.2 cm³/mol. The molecule has 0 saturated carbocycles. The fraction of sp³-hybridized carbons (Fsp3) is 0.533. The second kappa shape index (κ2) is 9.67. The third-order valence-corrected chi connectivity index (χ3v) is 4.54. The Morgan fingerprint density at radius 1 is 1.35 bits per heavy atom. The smallest absolute Gasteiger partial charge is 0.237 e. The summed E-state index contributed by atoms with van der Waals surface area (Å²) in [4.78, 5) is 12.1. The Bertz CT molecular complexity index is 504. The molecule has 4 N–H and O–H groups in total. The lowest BCUT2D eigenvalue weighted by Crippen LogP contribution is -2.48. The van der Waals surface area contributed by atoms with Gasteiger partial charge in [-0.2, -0.15) is 0 Å². The molecule has 1 heterocycles. The Morgan fingerprint density at radius 2 is 1.91 bits per heavy atom. The van der Waals surface area contributed by atoms with Crippen LogP contribution in [-0.2, 0) is 9.53 Å². The van der Waals surface area contributed by atoms with Crippen molar-refractivity contribution in [1.82, 2.24) is 5.32 Å². The number of hydrogen-bond donors (Lipinski definition) is 3. The highest BCUT2D eigenvalue weighted by Crippen LogP contribution is 2.29. The van der Waals surface area contributed by atoms with Crippen molar-refractivity contribution in [2.45, 2.75) is 25.0 Å². The number of halogens is 3. The van der Waals surface area contributed by atoms with E-state index in [9.17, 15) is 9.90 Å². The molecule has 1 amide bonds. The molecular weight excluding hydrogens is 363 g/mol. The van der Waals surface area contributed by atoms with Crippen LogP contribution in [0.4, 0.5) is 0 Å². The van der Waals surface area contributed by atoms with E-state index < -0.39 is 12.1 Å². The molecule has 1 aromatic rings. The van der Waals surface area contributed by atoms with Crippen molar-refractivity contribution < 1.29 is 14.6 Å². The lowest BCUT2D eigenvalue weighted by molar-refractivity contribution is -0.124. The topological polar surface area (TPSA) is 84.6 Å². The predicted octanol–water partition coefficient (Wildman–Crippen LogP) is 2.32. The summed E-state index contributed by atoms with van der Waals surface area (Å²) in [7, 11) is 0. The Morgan fingerprint density at radius 3 is 2.48 bits per heavy atom. The average Bonchev–Trinajstić information content (AvgIpc) is 2.52. The Labute approximate surface area is 151 Å². The van der Waals surface area contributed by atoms with Crippen LogP contribution in [0.15, 0.2) is 18.2 Å². The van der Waals surface area contributed by atoms with Gasteiger partial charge in [-0.3, -0.25) is 4.79 Å². The molecule has 23 heavy (non-hydrogen) atoms. The van der Waals surface area contributed by atoms with Crippen LogP contribution in [-0.4, -0.2) is 36.8 Å². The van der Waals surface area contributed by atoms with Crippen LogP contribution in [0.1, 0.15) is 24.5 Å². The molecule has 1 aliphatic heterocycles. The largest absolute Gasteiger partial charge is 0.386 e. The highest BCUT2D eigenvalue weighted by atomic mass is 35.5. The highest BCUT2D eigenvalue weighted by molar-refractivity contribution is 6.36. The molecule has 130 valence electrons. The zero-order valence-corrected chi connectivity index (χ0v) is 14.8. The van der Waals surface area contributed by atoms with Crippen molar-refractivity contribution in [3.63, 3.8) is 0 Å². The van der Waals surface area contributed by atoms with Gasteiger partial charge in [-0.1, -0.05) is 29.3 Å². The second-order valence-corrected chi connectivity index (χ2v) is 6.19. The van der Waals surface area contributed by atoms with E-state index in [0.29, 0.717) is 28.8 Å². The summed E-state index contributed by atoms with van der Waals surface area (Å²) in [6, 6.07) is 4.38. The molecule has 1 aliphatic rings. The molecule has 0 bridgehead atoms. The lowest BCUT2D eigenvalue weighted by Gasteiger charge is -2.27. The number of hydrogen-bond acceptors (Lipinski definition) is 4. The van der Waals surface area contributed by atoms with E-state index >= 15 is 0 Å². The fourth-order valence-electron chi connectivity index (χ4n) is 2.54. The molecule has 5 nitrogen and oxygen atoms in total. The molecule has 0 radical (unpaired) electrons. The Balaban J connectivity index is 0.00000264. The summed E-state index contributed by atoms with van der Waals surface area (Å²) < 4.78 is 5.26. The first-order valence-electron chi connectivity index (χ1n) is 7.23. The van der Waals surface area contributed by atoms with Gasteiger partial charge >= 0.3 is 0 Å². The van der Waals surface area contributed by atoms with Crippen LogP contribution in [0.2, 0.25) is 10.0 Å². The number of benzene rings is 1. The van der Waals surface area contributed by atoms with Crippen LogP contribution in [0.3, 0.4) is 0 Å². The zero-order valence-electron chi connectivity index (χ0n) is 12.5. The SMILES string of the molecule is Cl.NC(C(=O)NCC(O)c1c(Cl)cccc1Cl)C1CCOCC1. The standard InChI is InChI=1S/C15H20Cl2N2O3.ClH/c16-10-2-1-3-11(17)13(10)12(20)8-19-15(21)14(18)9-4-6-22-7-5-9;/h1-3,9,12,14,20H,4-8,18H2,(H,19,21);1H. The maximum atomic E-state index is 12.1. The molecule has 2 unspecified atom stereocenters. The number of ether oxygens (including phenoxy) is 1. The van der Waals surface area contributed by atoms with Gasteiger partial charge in [0.2, 0.25) is 5.91 Å². The molecule has 0 aliphatic carbocycles. The Hall–Kier alpha value is -0.560. The van der Waals surface area contributed by atoms with E-state index in [1.165, 1.54) is 0 Å². The molecule has 2 rings (SSSR count). The van der Waals surface area contributed by atoms with Crippen molar-refractivity contribution in [2.75, 3.05) is 19.8 Å². The summed E-state index contributed by atoms with van der Waals surface area (Å²) in [6.07, 6.45) is 0.563. The summed E-state index contributed by atoms with van der Waals surface area (Å²) in [6.45, 7) is 1.27. The van der Waals surface area contributed by atoms with Gasteiger partial charge in [0.25, 0.3) is 0 Å². The number of carbonyl (C=O) groups is 1. The minimum absolute atomic E-state index is 0. The van der Waals surface area contributed by atoms with Crippen molar-refractivity contribution >= 4 is 41.5 Å². The van der Waals surface area contributed by atoms with E-state index in [4.69, 9.17) is 33.7 Å². The normalized spacial score (nSPS) is 17.9. The monoisotopic (exact) mass is 382 g/mol. The average molecular weight is 384 g/mol. The van der Waals surface area contributed by atoms with Crippen LogP contribution in [0.5, 0.6) is 0 Å². The third-order valence-electron chi connectivity index (χ3n) is 3.88. The van der Waals surface area contributed by atoms with Gasteiger partial charge in [-0.25, -0.2) is 0 Å². The summed E-state index contributed by atoms with van der Waals surface area (Å²) in [5.74, 6) is -0.177. The number of rotatable bonds is 5. The summed E-state index contributed by atoms with van der Waals surface area (Å²) in [5, 5.41) is 13.6. The van der Waals surface area contributed by atoms with Crippen LogP contribution >= 0.6 is 35.6 Å². The van der Waals surface area contributed by atoms with Gasteiger partial charge < -0.3 is 20.9 Å². The van der Waals surface area contributed by atoms with Gasteiger partial charge in [0.15, 0.2) is 0 Å². The Kier molecular flexibility index (Phi) is 8.61. The maximum Gasteiger partial charge on any atom is 0.237 e. The fourth-order valence-corrected chi connectivity index (χ4v) is 3.18. The van der Waals surface area contributed by atoms with Crippen molar-refractivity contribution in [3.05, 3.63) is 33.8 Å². The van der Waals surface area contributed by atoms with Gasteiger partial charge in [-0.15, -0.1) is 12.4 Å². The number of carbonyl (C=O) groups excluding carboxylic acids is 1. The second-order valence-electron chi connectivity index (χ2n) is 5.37. The van der Waals surface area contributed by atoms with Crippen LogP contribution < -0.4 is 11.1 Å². The lowest BCUT2D eigenvalue weighted by atomic mass is 9.92. The number of aliphatic hydroxyl groups excluding tert-OH is 1. The van der Waals surface area contributed by atoms with Gasteiger partial charge in [-0.05, 0) is 30.9 Å². The zero-order chi connectivity index (χ0) is 16.1. The van der Waals surface area contributed by atoms with Crippen LogP contribution in [0, 0.1) is 5.92 Å². The molecule has 2 atom stereocenters. The molecule has 0 aromatic heterocycles. The molecule has 1 saturated heterocycles. The van der Waals surface area contributed by atoms with Gasteiger partial charge in [0, 0.05) is 35.4 Å². The number of amides is 1.